The van der Waals surface area contributed by atoms with Gasteiger partial charge in [0.05, 0.1) is 12.3 Å². The third-order valence-electron chi connectivity index (χ3n) is 3.79. The number of piperazine rings is 1. The maximum Gasteiger partial charge on any atom is 0.317 e. The number of nitrogens with one attached hydrogen (secondary N) is 2. The number of rotatable bonds is 3. The predicted octanol–water partition coefficient (Wildman–Crippen LogP) is -0.907. The Labute approximate surface area is 115 Å². The monoisotopic (exact) mass is 279 g/mol. The predicted molar refractivity (Wildman–Crippen MR) is 69.5 cm³/mol. The van der Waals surface area contributed by atoms with Crippen LogP contribution < -0.4 is 16.6 Å². The quantitative estimate of drug-likeness (QED) is 0.377. The Hall–Kier alpha value is -2.06. The Morgan fingerprint density at radius 1 is 1.55 bits per heavy atom. The van der Waals surface area contributed by atoms with Crippen LogP contribution in [-0.4, -0.2) is 54.0 Å². The van der Waals surface area contributed by atoms with E-state index in [1.54, 1.807) is 6.07 Å². The maximum absolute atomic E-state index is 11.6. The van der Waals surface area contributed by atoms with E-state index in [2.05, 4.69) is 15.6 Å². The smallest absolute Gasteiger partial charge is 0.317 e. The summed E-state index contributed by atoms with van der Waals surface area (Å²) in [4.78, 5) is 27.1. The van der Waals surface area contributed by atoms with Crippen LogP contribution in [0.1, 0.15) is 16.1 Å². The topological polar surface area (TPSA) is 104 Å². The summed E-state index contributed by atoms with van der Waals surface area (Å²) in [5.74, 6) is 4.94. The number of carbonyl (C=O) groups is 2. The molecule has 1 aromatic rings. The number of amides is 3. The van der Waals surface area contributed by atoms with Gasteiger partial charge in [0.15, 0.2) is 5.76 Å². The summed E-state index contributed by atoms with van der Waals surface area (Å²) < 4.78 is 5.17. The van der Waals surface area contributed by atoms with Gasteiger partial charge in [0.2, 0.25) is 0 Å². The first-order chi connectivity index (χ1) is 9.69. The van der Waals surface area contributed by atoms with Gasteiger partial charge in [-0.1, -0.05) is 0 Å². The van der Waals surface area contributed by atoms with Gasteiger partial charge in [0.25, 0.3) is 0 Å². The van der Waals surface area contributed by atoms with Crippen LogP contribution in [0.15, 0.2) is 16.7 Å². The average molecular weight is 279 g/mol. The van der Waals surface area contributed by atoms with E-state index in [4.69, 9.17) is 10.3 Å². The second-order valence-electron chi connectivity index (χ2n) is 5.02. The summed E-state index contributed by atoms with van der Waals surface area (Å²) >= 11 is 0. The first-order valence-corrected chi connectivity index (χ1v) is 6.53. The Balaban J connectivity index is 1.66. The van der Waals surface area contributed by atoms with E-state index in [-0.39, 0.29) is 17.8 Å². The molecule has 0 aliphatic carbocycles. The lowest BCUT2D eigenvalue weighted by atomic mass is 10.1. The zero-order valence-corrected chi connectivity index (χ0v) is 11.0. The van der Waals surface area contributed by atoms with Crippen molar-refractivity contribution in [3.8, 4) is 0 Å². The van der Waals surface area contributed by atoms with Gasteiger partial charge >= 0.3 is 11.9 Å². The minimum Gasteiger partial charge on any atom is -0.459 e. The normalized spacial score (nSPS) is 22.6. The van der Waals surface area contributed by atoms with Crippen molar-refractivity contribution in [2.24, 2.45) is 5.84 Å². The molecule has 0 radical (unpaired) electrons. The van der Waals surface area contributed by atoms with E-state index in [1.165, 1.54) is 6.26 Å². The van der Waals surface area contributed by atoms with Crippen LogP contribution in [0.25, 0.3) is 0 Å². The Kier molecular flexibility index (Phi) is 3.33. The van der Waals surface area contributed by atoms with Crippen molar-refractivity contribution >= 4 is 11.9 Å². The maximum atomic E-state index is 11.6. The number of nitrogen functional groups attached to an aromatic ring is 1. The van der Waals surface area contributed by atoms with Crippen molar-refractivity contribution in [2.45, 2.75) is 12.6 Å². The van der Waals surface area contributed by atoms with Gasteiger partial charge in [0.1, 0.15) is 0 Å². The van der Waals surface area contributed by atoms with Gasteiger partial charge in [0, 0.05) is 38.3 Å². The molecular formula is C12H17N5O3. The van der Waals surface area contributed by atoms with E-state index in [0.29, 0.717) is 19.6 Å². The molecule has 2 saturated heterocycles. The first kappa shape index (κ1) is 12.9. The third-order valence-corrected chi connectivity index (χ3v) is 3.79. The molecule has 1 atom stereocenters. The molecule has 3 amide bonds. The Morgan fingerprint density at radius 2 is 2.40 bits per heavy atom. The Bertz CT molecular complexity index is 529. The van der Waals surface area contributed by atoms with Crippen molar-refractivity contribution in [3.05, 3.63) is 23.7 Å². The standard InChI is InChI=1S/C12H17N5O3/c13-15-11(18)10-8(1-4-20-10)6-16-2-3-17-9(7-16)5-14-12(17)19/h1,4,9H,2-3,5-7,13H2,(H,14,19)(H,15,18). The van der Waals surface area contributed by atoms with E-state index in [9.17, 15) is 9.59 Å². The minimum absolute atomic E-state index is 0.0150. The van der Waals surface area contributed by atoms with Crippen LogP contribution in [0, 0.1) is 0 Å². The number of hydrazine groups is 1. The molecule has 20 heavy (non-hydrogen) atoms. The number of nitrogens with zero attached hydrogens (tertiary/aromatic N) is 2. The molecule has 0 saturated carbocycles. The van der Waals surface area contributed by atoms with E-state index in [1.807, 2.05) is 4.90 Å². The molecule has 3 rings (SSSR count). The molecule has 2 aliphatic heterocycles. The zero-order chi connectivity index (χ0) is 14.1. The molecule has 2 fully saturated rings. The van der Waals surface area contributed by atoms with E-state index in [0.717, 1.165) is 18.7 Å². The molecule has 0 spiro atoms. The fourth-order valence-electron chi connectivity index (χ4n) is 2.78. The SMILES string of the molecule is NNC(=O)c1occc1CN1CCN2C(=O)NCC2C1. The number of carbonyl (C=O) groups excluding carboxylic acids is 2. The lowest BCUT2D eigenvalue weighted by Gasteiger charge is -2.36. The summed E-state index contributed by atoms with van der Waals surface area (Å²) in [6.45, 7) is 3.55. The highest BCUT2D eigenvalue weighted by Gasteiger charge is 2.35. The molecule has 3 heterocycles. The highest BCUT2D eigenvalue weighted by Crippen LogP contribution is 2.18. The number of hydrogen-bond donors (Lipinski definition) is 3. The van der Waals surface area contributed by atoms with Crippen LogP contribution in [0.2, 0.25) is 0 Å². The zero-order valence-electron chi connectivity index (χ0n) is 11.0. The van der Waals surface area contributed by atoms with Crippen molar-refractivity contribution in [3.63, 3.8) is 0 Å². The number of hydrogen-bond acceptors (Lipinski definition) is 5. The van der Waals surface area contributed by atoms with Crippen molar-refractivity contribution in [1.82, 2.24) is 20.5 Å². The molecule has 4 N–H and O–H groups in total. The molecule has 0 aromatic carbocycles. The summed E-state index contributed by atoms with van der Waals surface area (Å²) in [5.41, 5.74) is 2.88. The summed E-state index contributed by atoms with van der Waals surface area (Å²) in [6.07, 6.45) is 1.48. The molecule has 108 valence electrons. The molecule has 8 nitrogen and oxygen atoms in total. The molecule has 0 bridgehead atoms. The van der Waals surface area contributed by atoms with Crippen molar-refractivity contribution in [2.75, 3.05) is 26.2 Å². The lowest BCUT2D eigenvalue weighted by Crippen LogP contribution is -2.51. The fraction of sp³-hybridized carbons (Fsp3) is 0.500. The fourth-order valence-corrected chi connectivity index (χ4v) is 2.78. The van der Waals surface area contributed by atoms with Gasteiger partial charge in [-0.3, -0.25) is 15.1 Å². The molecule has 8 heteroatoms. The van der Waals surface area contributed by atoms with Crippen LogP contribution in [-0.2, 0) is 6.54 Å². The third kappa shape index (κ3) is 2.23. The number of urea groups is 1. The van der Waals surface area contributed by atoms with Gasteiger partial charge in [-0.05, 0) is 6.07 Å². The number of furan rings is 1. The molecular weight excluding hydrogens is 262 g/mol. The summed E-state index contributed by atoms with van der Waals surface area (Å²) in [6, 6.07) is 1.99. The van der Waals surface area contributed by atoms with Crippen LogP contribution in [0.4, 0.5) is 4.79 Å². The van der Waals surface area contributed by atoms with Gasteiger partial charge in [-0.2, -0.15) is 0 Å². The lowest BCUT2D eigenvalue weighted by molar-refractivity contribution is 0.0918. The van der Waals surface area contributed by atoms with Gasteiger partial charge in [-0.15, -0.1) is 0 Å². The minimum atomic E-state index is -0.429. The van der Waals surface area contributed by atoms with Crippen LogP contribution >= 0.6 is 0 Å². The highest BCUT2D eigenvalue weighted by molar-refractivity contribution is 5.92. The van der Waals surface area contributed by atoms with Gasteiger partial charge in [-0.25, -0.2) is 10.6 Å². The van der Waals surface area contributed by atoms with E-state index >= 15 is 0 Å². The van der Waals surface area contributed by atoms with Crippen LogP contribution in [0.3, 0.4) is 0 Å². The molecule has 2 aliphatic rings. The summed E-state index contributed by atoms with van der Waals surface area (Å²) in [5, 5.41) is 2.84. The Morgan fingerprint density at radius 3 is 3.20 bits per heavy atom. The average Bonchev–Trinajstić information content (AvgIpc) is 3.05. The van der Waals surface area contributed by atoms with E-state index < -0.39 is 5.91 Å². The van der Waals surface area contributed by atoms with Crippen molar-refractivity contribution in [1.29, 1.82) is 0 Å². The number of nitrogens with two attached hydrogens (primary N) is 1. The molecule has 1 unspecified atom stereocenters. The van der Waals surface area contributed by atoms with Crippen molar-refractivity contribution < 1.29 is 14.0 Å². The molecule has 1 aromatic heterocycles. The second kappa shape index (κ2) is 5.14. The number of fused-ring (bicyclic) bond motifs is 1. The van der Waals surface area contributed by atoms with Crippen LogP contribution in [0.5, 0.6) is 0 Å². The second-order valence-corrected chi connectivity index (χ2v) is 5.02. The first-order valence-electron chi connectivity index (χ1n) is 6.53. The largest absolute Gasteiger partial charge is 0.459 e. The highest BCUT2D eigenvalue weighted by atomic mass is 16.3. The summed E-state index contributed by atoms with van der Waals surface area (Å²) in [7, 11) is 0. The van der Waals surface area contributed by atoms with Gasteiger partial charge < -0.3 is 14.6 Å².